The number of pyridine rings is 1. The molecule has 1 aromatic rings. The predicted molar refractivity (Wildman–Crippen MR) is 62.2 cm³/mol. The molecule has 0 radical (unpaired) electrons. The highest BCUT2D eigenvalue weighted by Crippen LogP contribution is 2.39. The summed E-state index contributed by atoms with van der Waals surface area (Å²) in [4.78, 5) is 24.9. The maximum atomic E-state index is 12.9. The molecule has 0 bridgehead atoms. The Morgan fingerprint density at radius 2 is 1.50 bits per heavy atom. The lowest BCUT2D eigenvalue weighted by Crippen LogP contribution is -2.24. The Hall–Kier alpha value is -2.26. The van der Waals surface area contributed by atoms with Gasteiger partial charge in [-0.3, -0.25) is 0 Å². The van der Waals surface area contributed by atoms with Gasteiger partial charge >= 0.3 is 18.1 Å². The van der Waals surface area contributed by atoms with E-state index in [-0.39, 0.29) is 0 Å². The second-order valence-corrected chi connectivity index (χ2v) is 4.57. The van der Waals surface area contributed by atoms with E-state index >= 15 is 0 Å². The van der Waals surface area contributed by atoms with Crippen LogP contribution in [-0.4, -0.2) is 27.1 Å². The molecule has 22 heavy (non-hydrogen) atoms. The number of hydrogen-bond donors (Lipinski definition) is 2. The van der Waals surface area contributed by atoms with E-state index in [1.807, 2.05) is 0 Å². The fraction of sp³-hybridized carbons (Fsp3) is 0.417. The Labute approximate surface area is 120 Å². The van der Waals surface area contributed by atoms with Gasteiger partial charge in [0.2, 0.25) is 0 Å². The zero-order valence-corrected chi connectivity index (χ0v) is 11.2. The quantitative estimate of drug-likeness (QED) is 0.826. The Kier molecular flexibility index (Phi) is 4.73. The van der Waals surface area contributed by atoms with Crippen LogP contribution in [0, 0.1) is 0 Å². The average Bonchev–Trinajstić information content (AvgIpc) is 2.34. The molecule has 0 amide bonds. The molecule has 0 fully saturated rings. The lowest BCUT2D eigenvalue weighted by Gasteiger charge is -2.20. The van der Waals surface area contributed by atoms with Gasteiger partial charge in [-0.05, 0) is 11.5 Å². The summed E-state index contributed by atoms with van der Waals surface area (Å²) in [5.74, 6) is -5.12. The van der Waals surface area contributed by atoms with E-state index in [4.69, 9.17) is 10.2 Å². The molecular weight excluding hydrogens is 317 g/mol. The van der Waals surface area contributed by atoms with Gasteiger partial charge in [0.15, 0.2) is 5.69 Å². The van der Waals surface area contributed by atoms with Gasteiger partial charge in [-0.2, -0.15) is 13.2 Å². The summed E-state index contributed by atoms with van der Waals surface area (Å²) >= 11 is 0. The third kappa shape index (κ3) is 3.15. The maximum Gasteiger partial charge on any atom is 0.434 e. The van der Waals surface area contributed by atoms with Crippen molar-refractivity contribution < 1.29 is 41.8 Å². The summed E-state index contributed by atoms with van der Waals surface area (Å²) in [6.07, 6.45) is -8.93. The summed E-state index contributed by atoms with van der Waals surface area (Å²) in [5, 5.41) is 18.0. The number of nitrogens with zero attached hydrogens (tertiary/aromatic N) is 1. The lowest BCUT2D eigenvalue weighted by atomic mass is 9.89. The lowest BCUT2D eigenvalue weighted by molar-refractivity contribution is -0.142. The highest BCUT2D eigenvalue weighted by atomic mass is 19.4. The fourth-order valence-electron chi connectivity index (χ4n) is 2.00. The van der Waals surface area contributed by atoms with Crippen LogP contribution in [0.15, 0.2) is 0 Å². The zero-order chi connectivity index (χ0) is 17.4. The molecule has 1 heterocycles. The first-order valence-corrected chi connectivity index (χ1v) is 5.79. The van der Waals surface area contributed by atoms with Crippen molar-refractivity contribution in [3.63, 3.8) is 0 Å². The largest absolute Gasteiger partial charge is 0.478 e. The standard InChI is InChI=1S/C12H10F5NO4/c1-3(2)4-5(10(19)20)7(9(13)14)18-8(12(15,16)17)6(4)11(21)22/h3,9H,1-2H3,(H,19,20)(H,21,22). The Balaban J connectivity index is 4.08. The first-order valence-electron chi connectivity index (χ1n) is 5.79. The third-order valence-electron chi connectivity index (χ3n) is 2.74. The number of carbonyl (C=O) groups is 2. The highest BCUT2D eigenvalue weighted by molar-refractivity contribution is 5.98. The van der Waals surface area contributed by atoms with Crippen LogP contribution in [0.4, 0.5) is 22.0 Å². The topological polar surface area (TPSA) is 87.5 Å². The van der Waals surface area contributed by atoms with Crippen molar-refractivity contribution in [2.75, 3.05) is 0 Å². The van der Waals surface area contributed by atoms with Crippen LogP contribution in [0.1, 0.15) is 63.9 Å². The van der Waals surface area contributed by atoms with Crippen molar-refractivity contribution in [2.45, 2.75) is 32.4 Å². The summed E-state index contributed by atoms with van der Waals surface area (Å²) in [5.41, 5.74) is -7.12. The molecule has 0 aromatic carbocycles. The van der Waals surface area contributed by atoms with E-state index in [0.717, 1.165) is 0 Å². The molecule has 0 aliphatic rings. The summed E-state index contributed by atoms with van der Waals surface area (Å²) in [6.45, 7) is 2.40. The van der Waals surface area contributed by atoms with E-state index < -0.39 is 58.5 Å². The second kappa shape index (κ2) is 5.85. The van der Waals surface area contributed by atoms with Crippen molar-refractivity contribution in [3.8, 4) is 0 Å². The normalized spacial score (nSPS) is 12.0. The Morgan fingerprint density at radius 1 is 1.05 bits per heavy atom. The fourth-order valence-corrected chi connectivity index (χ4v) is 2.00. The summed E-state index contributed by atoms with van der Waals surface area (Å²) in [7, 11) is 0. The molecule has 5 nitrogen and oxygen atoms in total. The number of aromatic nitrogens is 1. The van der Waals surface area contributed by atoms with Gasteiger partial charge in [0.1, 0.15) is 5.69 Å². The van der Waals surface area contributed by atoms with Gasteiger partial charge in [-0.1, -0.05) is 13.8 Å². The predicted octanol–water partition coefficient (Wildman–Crippen LogP) is 3.56. The Bertz CT molecular complexity index is 625. The van der Waals surface area contributed by atoms with E-state index in [1.54, 1.807) is 0 Å². The van der Waals surface area contributed by atoms with Gasteiger partial charge < -0.3 is 10.2 Å². The van der Waals surface area contributed by atoms with Crippen molar-refractivity contribution >= 4 is 11.9 Å². The molecule has 122 valence electrons. The van der Waals surface area contributed by atoms with Crippen LogP contribution < -0.4 is 0 Å². The van der Waals surface area contributed by atoms with Crippen LogP contribution in [0.2, 0.25) is 0 Å². The van der Waals surface area contributed by atoms with Gasteiger partial charge in [-0.15, -0.1) is 0 Å². The minimum atomic E-state index is -5.32. The van der Waals surface area contributed by atoms with Gasteiger partial charge in [0.05, 0.1) is 11.1 Å². The molecule has 0 atom stereocenters. The van der Waals surface area contributed by atoms with Crippen LogP contribution in [0.3, 0.4) is 0 Å². The number of halogens is 5. The molecule has 0 saturated carbocycles. The first kappa shape index (κ1) is 17.8. The molecule has 10 heteroatoms. The number of alkyl halides is 5. The molecule has 1 rings (SSSR count). The molecule has 0 aliphatic heterocycles. The zero-order valence-electron chi connectivity index (χ0n) is 11.2. The monoisotopic (exact) mass is 327 g/mol. The van der Waals surface area contributed by atoms with Crippen LogP contribution in [0.5, 0.6) is 0 Å². The number of aromatic carboxylic acids is 2. The smallest absolute Gasteiger partial charge is 0.434 e. The number of rotatable bonds is 4. The van der Waals surface area contributed by atoms with Crippen molar-refractivity contribution in [1.82, 2.24) is 4.98 Å². The van der Waals surface area contributed by atoms with Gasteiger partial charge in [-0.25, -0.2) is 23.4 Å². The minimum Gasteiger partial charge on any atom is -0.478 e. The molecule has 0 unspecified atom stereocenters. The Morgan fingerprint density at radius 3 is 1.77 bits per heavy atom. The van der Waals surface area contributed by atoms with E-state index in [9.17, 15) is 31.5 Å². The van der Waals surface area contributed by atoms with E-state index in [1.165, 1.54) is 13.8 Å². The first-order chi connectivity index (χ1) is 9.89. The average molecular weight is 327 g/mol. The molecule has 0 saturated heterocycles. The summed E-state index contributed by atoms with van der Waals surface area (Å²) in [6, 6.07) is 0. The summed E-state index contributed by atoms with van der Waals surface area (Å²) < 4.78 is 64.5. The minimum absolute atomic E-state index is 0.836. The van der Waals surface area contributed by atoms with Gasteiger partial charge in [0, 0.05) is 0 Å². The van der Waals surface area contributed by atoms with E-state index in [2.05, 4.69) is 4.98 Å². The molecule has 1 aromatic heterocycles. The van der Waals surface area contributed by atoms with Crippen LogP contribution in [-0.2, 0) is 6.18 Å². The maximum absolute atomic E-state index is 12.9. The molecular formula is C12H10F5NO4. The molecule has 0 aliphatic carbocycles. The second-order valence-electron chi connectivity index (χ2n) is 4.57. The van der Waals surface area contributed by atoms with Crippen molar-refractivity contribution in [2.24, 2.45) is 0 Å². The number of carboxylic acid groups (broad SMARTS) is 2. The van der Waals surface area contributed by atoms with Crippen LogP contribution >= 0.6 is 0 Å². The van der Waals surface area contributed by atoms with E-state index in [0.29, 0.717) is 0 Å². The highest BCUT2D eigenvalue weighted by Gasteiger charge is 2.43. The number of carboxylic acids is 2. The number of hydrogen-bond acceptors (Lipinski definition) is 3. The van der Waals surface area contributed by atoms with Crippen molar-refractivity contribution in [1.29, 1.82) is 0 Å². The van der Waals surface area contributed by atoms with Crippen LogP contribution in [0.25, 0.3) is 0 Å². The third-order valence-corrected chi connectivity index (χ3v) is 2.74. The SMILES string of the molecule is CC(C)c1c(C(=O)O)c(C(F)F)nc(C(F)(F)F)c1C(=O)O. The van der Waals surface area contributed by atoms with Gasteiger partial charge in [0.25, 0.3) is 6.43 Å². The molecule has 0 spiro atoms. The molecule has 2 N–H and O–H groups in total. The van der Waals surface area contributed by atoms with Crippen molar-refractivity contribution in [3.05, 3.63) is 28.1 Å².